The lowest BCUT2D eigenvalue weighted by Crippen LogP contribution is -2.47. The third-order valence-corrected chi connectivity index (χ3v) is 7.76. The van der Waals surface area contributed by atoms with Crippen molar-refractivity contribution in [1.82, 2.24) is 9.97 Å². The minimum atomic E-state index is -0.196. The predicted molar refractivity (Wildman–Crippen MR) is 150 cm³/mol. The molecule has 3 N–H and O–H groups in total. The zero-order valence-electron chi connectivity index (χ0n) is 20.1. The van der Waals surface area contributed by atoms with Gasteiger partial charge in [-0.3, -0.25) is 0 Å². The Kier molecular flexibility index (Phi) is 12.6. The number of benzene rings is 1. The highest BCUT2D eigenvalue weighted by molar-refractivity contribution is 7.99. The van der Waals surface area contributed by atoms with Crippen molar-refractivity contribution in [2.24, 2.45) is 11.1 Å². The average Bonchev–Trinajstić information content (AvgIpc) is 2.82. The number of thiol groups is 1. The van der Waals surface area contributed by atoms with E-state index in [0.29, 0.717) is 33.9 Å². The Bertz CT molecular complexity index is 929. The molecule has 1 saturated heterocycles. The molecule has 0 bridgehead atoms. The number of aliphatic hydroxyl groups is 1. The molecular weight excluding hydrogens is 531 g/mol. The van der Waals surface area contributed by atoms with Crippen molar-refractivity contribution in [2.75, 3.05) is 43.7 Å². The second-order valence-corrected chi connectivity index (χ2v) is 11.6. The van der Waals surface area contributed by atoms with Gasteiger partial charge in [-0.15, -0.1) is 12.6 Å². The SMILES string of the molecule is CSC.Cc1nc(N2CCC(CN)(CO[C@@H](C)S)CC2)c(CO)nc1Sc1cccc(Cl)c1Cl. The first-order valence-corrected chi connectivity index (χ1v) is 14.7. The Labute approximate surface area is 227 Å². The number of hydrogen-bond donors (Lipinski definition) is 3. The van der Waals surface area contributed by atoms with Crippen LogP contribution in [0.15, 0.2) is 28.1 Å². The van der Waals surface area contributed by atoms with Crippen LogP contribution in [0.1, 0.15) is 31.2 Å². The monoisotopic (exact) mass is 564 g/mol. The third-order valence-electron chi connectivity index (χ3n) is 5.54. The van der Waals surface area contributed by atoms with Gasteiger partial charge in [0.2, 0.25) is 0 Å². The molecule has 0 unspecified atom stereocenters. The number of anilines is 1. The molecule has 1 aliphatic rings. The lowest BCUT2D eigenvalue weighted by Gasteiger charge is -2.42. The Morgan fingerprint density at radius 3 is 2.47 bits per heavy atom. The van der Waals surface area contributed by atoms with Gasteiger partial charge in [0.05, 0.1) is 34.4 Å². The van der Waals surface area contributed by atoms with Gasteiger partial charge in [0.1, 0.15) is 10.7 Å². The van der Waals surface area contributed by atoms with Crippen LogP contribution in [0.25, 0.3) is 0 Å². The molecule has 0 aliphatic carbocycles. The van der Waals surface area contributed by atoms with Crippen molar-refractivity contribution in [3.8, 4) is 0 Å². The van der Waals surface area contributed by atoms with E-state index in [1.807, 2.05) is 38.5 Å². The molecule has 1 aromatic carbocycles. The molecule has 2 aromatic rings. The third kappa shape index (κ3) is 8.06. The van der Waals surface area contributed by atoms with Crippen molar-refractivity contribution in [3.63, 3.8) is 0 Å². The number of thioether (sulfide) groups is 1. The van der Waals surface area contributed by atoms with Crippen LogP contribution in [0.2, 0.25) is 10.0 Å². The molecule has 6 nitrogen and oxygen atoms in total. The molecule has 0 spiro atoms. The van der Waals surface area contributed by atoms with E-state index in [9.17, 15) is 5.11 Å². The number of aryl methyl sites for hydroxylation is 1. The fourth-order valence-corrected chi connectivity index (χ4v) is 5.00. The molecule has 190 valence electrons. The largest absolute Gasteiger partial charge is 0.390 e. The maximum atomic E-state index is 9.99. The number of ether oxygens (including phenoxy) is 1. The average molecular weight is 566 g/mol. The van der Waals surface area contributed by atoms with Crippen molar-refractivity contribution >= 4 is 65.2 Å². The fourth-order valence-electron chi connectivity index (χ4n) is 3.55. The van der Waals surface area contributed by atoms with Crippen LogP contribution < -0.4 is 10.6 Å². The number of piperidine rings is 1. The number of hydrogen-bond acceptors (Lipinski definition) is 9. The number of aliphatic hydroxyl groups excluding tert-OH is 1. The first kappa shape index (κ1) is 29.8. The molecule has 0 radical (unpaired) electrons. The Hall–Kier alpha value is -0.390. The smallest absolute Gasteiger partial charge is 0.153 e. The van der Waals surface area contributed by atoms with Gasteiger partial charge in [-0.1, -0.05) is 41.0 Å². The van der Waals surface area contributed by atoms with Gasteiger partial charge in [0, 0.05) is 29.9 Å². The molecule has 34 heavy (non-hydrogen) atoms. The van der Waals surface area contributed by atoms with E-state index in [1.165, 1.54) is 11.8 Å². The van der Waals surface area contributed by atoms with Gasteiger partial charge in [-0.05, 0) is 51.3 Å². The molecule has 0 saturated carbocycles. The maximum absolute atomic E-state index is 9.99. The molecule has 1 aromatic heterocycles. The van der Waals surface area contributed by atoms with Gasteiger partial charge in [-0.25, -0.2) is 9.97 Å². The van der Waals surface area contributed by atoms with E-state index < -0.39 is 0 Å². The zero-order chi connectivity index (χ0) is 25.3. The number of nitrogens with zero attached hydrogens (tertiary/aromatic N) is 3. The topological polar surface area (TPSA) is 84.5 Å². The van der Waals surface area contributed by atoms with Crippen LogP contribution in [0.4, 0.5) is 5.82 Å². The van der Waals surface area contributed by atoms with Crippen LogP contribution in [0.5, 0.6) is 0 Å². The normalized spacial score (nSPS) is 16.1. The second kappa shape index (κ2) is 14.4. The van der Waals surface area contributed by atoms with Crippen LogP contribution >= 0.6 is 59.4 Å². The lowest BCUT2D eigenvalue weighted by atomic mass is 9.79. The summed E-state index contributed by atoms with van der Waals surface area (Å²) in [5.74, 6) is 0.718. The van der Waals surface area contributed by atoms with Crippen LogP contribution in [-0.4, -0.2) is 59.3 Å². The molecule has 0 amide bonds. The molecular formula is C23H34Cl2N4O2S3. The summed E-state index contributed by atoms with van der Waals surface area (Å²) in [5.41, 5.74) is 7.23. The molecule has 1 atom stereocenters. The summed E-state index contributed by atoms with van der Waals surface area (Å²) in [6.45, 7) is 6.33. The van der Waals surface area contributed by atoms with Gasteiger partial charge in [0.25, 0.3) is 0 Å². The van der Waals surface area contributed by atoms with Crippen LogP contribution in [0, 0.1) is 12.3 Å². The fraction of sp³-hybridized carbons (Fsp3) is 0.565. The first-order chi connectivity index (χ1) is 16.2. The second-order valence-electron chi connectivity index (χ2n) is 8.21. The quantitative estimate of drug-likeness (QED) is 0.284. The van der Waals surface area contributed by atoms with E-state index in [-0.39, 0.29) is 17.5 Å². The minimum Gasteiger partial charge on any atom is -0.390 e. The van der Waals surface area contributed by atoms with E-state index in [0.717, 1.165) is 42.3 Å². The van der Waals surface area contributed by atoms with Crippen LogP contribution in [0.3, 0.4) is 0 Å². The van der Waals surface area contributed by atoms with Crippen molar-refractivity contribution in [2.45, 2.75) is 48.7 Å². The molecule has 1 aliphatic heterocycles. The highest BCUT2D eigenvalue weighted by Crippen LogP contribution is 2.39. The summed E-state index contributed by atoms with van der Waals surface area (Å²) in [5, 5.41) is 11.7. The number of halogens is 2. The Morgan fingerprint density at radius 1 is 1.26 bits per heavy atom. The minimum absolute atomic E-state index is 0.0611. The number of nitrogens with two attached hydrogens (primary N) is 1. The van der Waals surface area contributed by atoms with Gasteiger partial charge in [0.15, 0.2) is 5.82 Å². The summed E-state index contributed by atoms with van der Waals surface area (Å²) in [6, 6.07) is 5.47. The van der Waals surface area contributed by atoms with Gasteiger partial charge >= 0.3 is 0 Å². The molecule has 1 fully saturated rings. The first-order valence-electron chi connectivity index (χ1n) is 10.9. The van der Waals surface area contributed by atoms with E-state index >= 15 is 0 Å². The predicted octanol–water partition coefficient (Wildman–Crippen LogP) is 5.55. The summed E-state index contributed by atoms with van der Waals surface area (Å²) in [6.07, 6.45) is 5.84. The summed E-state index contributed by atoms with van der Waals surface area (Å²) in [7, 11) is 0. The van der Waals surface area contributed by atoms with E-state index in [1.54, 1.807) is 17.8 Å². The highest BCUT2D eigenvalue weighted by Gasteiger charge is 2.35. The van der Waals surface area contributed by atoms with Crippen molar-refractivity contribution < 1.29 is 9.84 Å². The van der Waals surface area contributed by atoms with E-state index in [4.69, 9.17) is 43.6 Å². The zero-order valence-corrected chi connectivity index (χ0v) is 24.1. The van der Waals surface area contributed by atoms with Crippen molar-refractivity contribution in [1.29, 1.82) is 0 Å². The lowest BCUT2D eigenvalue weighted by molar-refractivity contribution is 0.0268. The number of aromatic nitrogens is 2. The molecule has 3 rings (SSSR count). The number of rotatable bonds is 8. The molecule has 2 heterocycles. The summed E-state index contributed by atoms with van der Waals surface area (Å²) >= 11 is 19.9. The van der Waals surface area contributed by atoms with Gasteiger partial charge < -0.3 is 20.5 Å². The summed E-state index contributed by atoms with van der Waals surface area (Å²) < 4.78 is 5.75. The van der Waals surface area contributed by atoms with Crippen molar-refractivity contribution in [3.05, 3.63) is 39.6 Å². The van der Waals surface area contributed by atoms with Gasteiger partial charge in [-0.2, -0.15) is 11.8 Å². The Morgan fingerprint density at radius 2 is 1.91 bits per heavy atom. The summed E-state index contributed by atoms with van der Waals surface area (Å²) in [4.78, 5) is 12.5. The van der Waals surface area contributed by atoms with E-state index in [2.05, 4.69) is 17.5 Å². The standard InChI is InChI=1S/C21H28Cl2N4O2S2.C2H6S/c1-13-20(31-17-5-3-4-15(22)18(17)23)26-16(10-28)19(25-13)27-8-6-21(11-24,7-9-27)12-29-14(2)30;1-3-2/h3-5,14,28,30H,6-12,24H2,1-2H3;1-2H3/t14-;/m1./s1. The molecule has 11 heteroatoms. The Balaban J connectivity index is 0.00000129. The highest BCUT2D eigenvalue weighted by atomic mass is 35.5. The maximum Gasteiger partial charge on any atom is 0.153 e. The van der Waals surface area contributed by atoms with Crippen LogP contribution in [-0.2, 0) is 11.3 Å².